The van der Waals surface area contributed by atoms with Gasteiger partial charge >= 0.3 is 5.97 Å². The van der Waals surface area contributed by atoms with Crippen molar-refractivity contribution in [3.8, 4) is 0 Å². The van der Waals surface area contributed by atoms with Crippen LogP contribution in [-0.2, 0) is 4.79 Å². The number of rotatable bonds is 3. The molecule has 0 aromatic carbocycles. The highest BCUT2D eigenvalue weighted by molar-refractivity contribution is 5.75. The summed E-state index contributed by atoms with van der Waals surface area (Å²) in [6.07, 6.45) is 5.37. The van der Waals surface area contributed by atoms with Gasteiger partial charge in [-0.25, -0.2) is 0 Å². The number of allylic oxidation sites excluding steroid dienone is 1. The van der Waals surface area contributed by atoms with Crippen molar-refractivity contribution >= 4 is 5.97 Å². The molecular weight excluding hydrogens is 240 g/mol. The van der Waals surface area contributed by atoms with Crippen LogP contribution in [0.2, 0.25) is 0 Å². The van der Waals surface area contributed by atoms with Gasteiger partial charge in [0, 0.05) is 6.61 Å². The van der Waals surface area contributed by atoms with Crippen molar-refractivity contribution < 1.29 is 15.0 Å². The van der Waals surface area contributed by atoms with Crippen LogP contribution in [0, 0.1) is 22.7 Å². The quantitative estimate of drug-likeness (QED) is 0.771. The van der Waals surface area contributed by atoms with Gasteiger partial charge in [-0.05, 0) is 56.3 Å². The molecule has 0 radical (unpaired) electrons. The Hall–Kier alpha value is -0.830. The number of carboxylic acids is 1. The van der Waals surface area contributed by atoms with Gasteiger partial charge in [-0.2, -0.15) is 0 Å². The van der Waals surface area contributed by atoms with E-state index in [1.165, 1.54) is 5.57 Å². The average Bonchev–Trinajstić information content (AvgIpc) is 2.33. The molecule has 0 bridgehead atoms. The Morgan fingerprint density at radius 1 is 1.42 bits per heavy atom. The predicted octanol–water partition coefficient (Wildman–Crippen LogP) is 3.23. The Bertz CT molecular complexity index is 389. The predicted molar refractivity (Wildman–Crippen MR) is 74.8 cm³/mol. The Morgan fingerprint density at radius 2 is 2.11 bits per heavy atom. The van der Waals surface area contributed by atoms with Crippen LogP contribution in [0.3, 0.4) is 0 Å². The molecule has 3 nitrogen and oxygen atoms in total. The van der Waals surface area contributed by atoms with E-state index in [4.69, 9.17) is 0 Å². The molecule has 0 saturated heterocycles. The zero-order valence-electron chi connectivity index (χ0n) is 12.1. The summed E-state index contributed by atoms with van der Waals surface area (Å²) < 4.78 is 0. The van der Waals surface area contributed by atoms with E-state index < -0.39 is 11.4 Å². The second kappa shape index (κ2) is 4.93. The van der Waals surface area contributed by atoms with Gasteiger partial charge in [-0.15, -0.1) is 0 Å². The van der Waals surface area contributed by atoms with E-state index >= 15 is 0 Å². The van der Waals surface area contributed by atoms with Gasteiger partial charge in [-0.3, -0.25) is 4.79 Å². The highest BCUT2D eigenvalue weighted by atomic mass is 16.4. The monoisotopic (exact) mass is 266 g/mol. The fourth-order valence-electron chi connectivity index (χ4n) is 4.87. The summed E-state index contributed by atoms with van der Waals surface area (Å²) >= 11 is 0. The molecular formula is C16H26O3. The van der Waals surface area contributed by atoms with E-state index in [1.54, 1.807) is 0 Å². The smallest absolute Gasteiger partial charge is 0.309 e. The van der Waals surface area contributed by atoms with Gasteiger partial charge in [0.2, 0.25) is 0 Å². The molecule has 19 heavy (non-hydrogen) atoms. The third-order valence-corrected chi connectivity index (χ3v) is 5.93. The van der Waals surface area contributed by atoms with Gasteiger partial charge in [0.15, 0.2) is 0 Å². The average molecular weight is 266 g/mol. The van der Waals surface area contributed by atoms with E-state index in [0.29, 0.717) is 0 Å². The van der Waals surface area contributed by atoms with Crippen molar-refractivity contribution in [2.45, 2.75) is 52.4 Å². The van der Waals surface area contributed by atoms with Gasteiger partial charge in [0.25, 0.3) is 0 Å². The number of hydrogen-bond acceptors (Lipinski definition) is 2. The van der Waals surface area contributed by atoms with Crippen LogP contribution in [0.15, 0.2) is 12.2 Å². The molecule has 2 rings (SSSR count). The number of aliphatic hydroxyl groups is 1. The second-order valence-corrected chi connectivity index (χ2v) is 6.90. The number of fused-ring (bicyclic) bond motifs is 1. The molecule has 0 aromatic heterocycles. The van der Waals surface area contributed by atoms with Crippen molar-refractivity contribution in [2.75, 3.05) is 6.61 Å². The summed E-state index contributed by atoms with van der Waals surface area (Å²) in [4.78, 5) is 11.7. The molecule has 0 aromatic rings. The third-order valence-electron chi connectivity index (χ3n) is 5.93. The number of carbonyl (C=O) groups is 1. The summed E-state index contributed by atoms with van der Waals surface area (Å²) in [7, 11) is 0. The van der Waals surface area contributed by atoms with Crippen LogP contribution in [-0.4, -0.2) is 22.8 Å². The lowest BCUT2D eigenvalue weighted by atomic mass is 9.47. The first-order valence-electron chi connectivity index (χ1n) is 7.38. The minimum atomic E-state index is -0.654. The number of carboxylic acid groups (broad SMARTS) is 1. The van der Waals surface area contributed by atoms with E-state index in [9.17, 15) is 15.0 Å². The van der Waals surface area contributed by atoms with Crippen molar-refractivity contribution in [3.05, 3.63) is 12.2 Å². The summed E-state index contributed by atoms with van der Waals surface area (Å²) in [5.41, 5.74) is 0.590. The largest absolute Gasteiger partial charge is 0.481 e. The number of aliphatic carboxylic acids is 1. The minimum Gasteiger partial charge on any atom is -0.481 e. The maximum atomic E-state index is 11.7. The van der Waals surface area contributed by atoms with E-state index in [1.807, 2.05) is 6.92 Å². The van der Waals surface area contributed by atoms with Crippen molar-refractivity contribution in [1.29, 1.82) is 0 Å². The standard InChI is InChI=1S/C16H26O3/c1-11-5-6-13-15(2,12(11)7-10-17)8-4-9-16(13,3)14(18)19/h12-13,17H,1,4-10H2,2-3H3,(H,18,19). The summed E-state index contributed by atoms with van der Waals surface area (Å²) in [5.74, 6) is -0.179. The topological polar surface area (TPSA) is 57.5 Å². The van der Waals surface area contributed by atoms with E-state index in [2.05, 4.69) is 13.5 Å². The molecule has 2 aliphatic rings. The zero-order chi connectivity index (χ0) is 14.3. The fraction of sp³-hybridized carbons (Fsp3) is 0.812. The Morgan fingerprint density at radius 3 is 2.68 bits per heavy atom. The summed E-state index contributed by atoms with van der Waals surface area (Å²) in [5, 5.41) is 19.0. The number of hydrogen-bond donors (Lipinski definition) is 2. The first-order chi connectivity index (χ1) is 8.86. The molecule has 2 fully saturated rings. The summed E-state index contributed by atoms with van der Waals surface area (Å²) in [6.45, 7) is 8.49. The van der Waals surface area contributed by atoms with Gasteiger partial charge in [0.1, 0.15) is 0 Å². The van der Waals surface area contributed by atoms with Gasteiger partial charge in [0.05, 0.1) is 5.41 Å². The van der Waals surface area contributed by atoms with Gasteiger partial charge in [-0.1, -0.05) is 25.5 Å². The molecule has 0 heterocycles. The highest BCUT2D eigenvalue weighted by Gasteiger charge is 2.57. The van der Waals surface area contributed by atoms with E-state index in [0.717, 1.165) is 38.5 Å². The Kier molecular flexibility index (Phi) is 3.78. The lowest BCUT2D eigenvalue weighted by Crippen LogP contribution is -2.53. The molecule has 2 N–H and O–H groups in total. The molecule has 0 aliphatic heterocycles. The van der Waals surface area contributed by atoms with Crippen molar-refractivity contribution in [1.82, 2.24) is 0 Å². The first-order valence-corrected chi connectivity index (χ1v) is 7.38. The van der Waals surface area contributed by atoms with Gasteiger partial charge < -0.3 is 10.2 Å². The summed E-state index contributed by atoms with van der Waals surface area (Å²) in [6, 6.07) is 0. The van der Waals surface area contributed by atoms with Crippen molar-refractivity contribution in [2.24, 2.45) is 22.7 Å². The first kappa shape index (κ1) is 14.6. The second-order valence-electron chi connectivity index (χ2n) is 6.90. The lowest BCUT2D eigenvalue weighted by Gasteiger charge is -2.57. The lowest BCUT2D eigenvalue weighted by molar-refractivity contribution is -0.164. The molecule has 2 aliphatic carbocycles. The normalized spacial score (nSPS) is 42.8. The molecule has 0 amide bonds. The zero-order valence-corrected chi connectivity index (χ0v) is 12.1. The maximum absolute atomic E-state index is 11.7. The SMILES string of the molecule is C=C1CCC2C(C)(C(=O)O)CCCC2(C)C1CCO. The molecule has 2 saturated carbocycles. The van der Waals surface area contributed by atoms with Crippen LogP contribution >= 0.6 is 0 Å². The minimum absolute atomic E-state index is 0.0105. The Balaban J connectivity index is 2.38. The highest BCUT2D eigenvalue weighted by Crippen LogP contribution is 2.61. The fourth-order valence-corrected chi connectivity index (χ4v) is 4.87. The van der Waals surface area contributed by atoms with Crippen LogP contribution < -0.4 is 0 Å². The molecule has 4 unspecified atom stereocenters. The van der Waals surface area contributed by atoms with E-state index in [-0.39, 0.29) is 23.9 Å². The maximum Gasteiger partial charge on any atom is 0.309 e. The molecule has 0 spiro atoms. The van der Waals surface area contributed by atoms with Crippen LogP contribution in [0.5, 0.6) is 0 Å². The van der Waals surface area contributed by atoms with Crippen LogP contribution in [0.4, 0.5) is 0 Å². The Labute approximate surface area is 115 Å². The molecule has 108 valence electrons. The molecule has 4 atom stereocenters. The third kappa shape index (κ3) is 2.12. The van der Waals surface area contributed by atoms with Crippen molar-refractivity contribution in [3.63, 3.8) is 0 Å². The van der Waals surface area contributed by atoms with Crippen LogP contribution in [0.25, 0.3) is 0 Å². The van der Waals surface area contributed by atoms with Crippen LogP contribution in [0.1, 0.15) is 52.4 Å². The molecule has 3 heteroatoms. The number of aliphatic hydroxyl groups excluding tert-OH is 1.